The van der Waals surface area contributed by atoms with Gasteiger partial charge in [0.2, 0.25) is 5.91 Å². The maximum atomic E-state index is 15.1. The van der Waals surface area contributed by atoms with Crippen LogP contribution in [0.2, 0.25) is 0 Å². The van der Waals surface area contributed by atoms with Gasteiger partial charge in [0.1, 0.15) is 18.2 Å². The number of piperazine rings is 1. The van der Waals surface area contributed by atoms with Gasteiger partial charge in [-0.2, -0.15) is 15.2 Å². The van der Waals surface area contributed by atoms with Crippen molar-refractivity contribution in [3.8, 4) is 12.1 Å². The summed E-state index contributed by atoms with van der Waals surface area (Å²) in [5.74, 6) is 0.497. The van der Waals surface area contributed by atoms with Crippen LogP contribution in [0.3, 0.4) is 0 Å². The standard InChI is InChI=1S/C36H42FN7O3/c37-30-8-3-6-26-7-4-9-32(34(26)30)42-19-14-29-31(25-42)39-36(47-23-22-46-28-11-12-28)40-35(29)43-20-21-44(27(24-43)13-15-38)33(45)10-5-18-41-16-1-2-17-41/h3-10,27-28H,1-2,11-14,16-25H2/b10-5+/t27-/m0/s1. The zero-order valence-corrected chi connectivity index (χ0v) is 26.8. The molecule has 2 saturated heterocycles. The highest BCUT2D eigenvalue weighted by atomic mass is 19.1. The van der Waals surface area contributed by atoms with Crippen molar-refractivity contribution in [1.82, 2.24) is 19.8 Å². The largest absolute Gasteiger partial charge is 0.461 e. The number of hydrogen-bond acceptors (Lipinski definition) is 9. The van der Waals surface area contributed by atoms with Gasteiger partial charge in [-0.1, -0.05) is 30.3 Å². The molecule has 1 atom stereocenters. The fraction of sp³-hybridized carbons (Fsp3) is 0.500. The van der Waals surface area contributed by atoms with Crippen LogP contribution in [-0.2, 0) is 22.5 Å². The van der Waals surface area contributed by atoms with E-state index >= 15 is 4.39 Å². The van der Waals surface area contributed by atoms with Crippen LogP contribution in [0.1, 0.15) is 43.4 Å². The van der Waals surface area contributed by atoms with Crippen molar-refractivity contribution in [1.29, 1.82) is 5.26 Å². The molecule has 1 aromatic heterocycles. The number of ether oxygens (including phenoxy) is 2. The van der Waals surface area contributed by atoms with E-state index in [0.29, 0.717) is 63.8 Å². The first-order valence-electron chi connectivity index (χ1n) is 16.9. The van der Waals surface area contributed by atoms with E-state index in [1.807, 2.05) is 35.2 Å². The van der Waals surface area contributed by atoms with Gasteiger partial charge >= 0.3 is 6.01 Å². The fourth-order valence-electron chi connectivity index (χ4n) is 7.02. The van der Waals surface area contributed by atoms with Crippen molar-refractivity contribution in [2.24, 2.45) is 0 Å². The Morgan fingerprint density at radius 3 is 2.66 bits per heavy atom. The summed E-state index contributed by atoms with van der Waals surface area (Å²) in [7, 11) is 0. The average Bonchev–Trinajstić information content (AvgIpc) is 3.77. The summed E-state index contributed by atoms with van der Waals surface area (Å²) in [6.07, 6.45) is 9.47. The van der Waals surface area contributed by atoms with Gasteiger partial charge in [0.05, 0.1) is 43.5 Å². The SMILES string of the molecule is N#CC[C@H]1CN(c2nc(OCCOC3CC3)nc3c2CCN(c2cccc4cccc(F)c24)C3)CCN1C(=O)/C=C/CN1CCCC1. The topological polar surface area (TPSA) is 98.1 Å². The maximum absolute atomic E-state index is 15.1. The normalized spacial score (nSPS) is 20.2. The van der Waals surface area contributed by atoms with Gasteiger partial charge < -0.3 is 24.2 Å². The molecule has 0 radical (unpaired) electrons. The number of likely N-dealkylation sites (tertiary alicyclic amines) is 1. The van der Waals surface area contributed by atoms with E-state index in [1.165, 1.54) is 18.9 Å². The molecule has 47 heavy (non-hydrogen) atoms. The first kappa shape index (κ1) is 31.3. The minimum Gasteiger partial charge on any atom is -0.461 e. The molecule has 2 aromatic carbocycles. The highest BCUT2D eigenvalue weighted by molar-refractivity contribution is 5.95. The monoisotopic (exact) mass is 639 g/mol. The van der Waals surface area contributed by atoms with Crippen LogP contribution < -0.4 is 14.5 Å². The van der Waals surface area contributed by atoms with Crippen LogP contribution in [0.25, 0.3) is 10.8 Å². The second-order valence-electron chi connectivity index (χ2n) is 12.9. The third kappa shape index (κ3) is 7.19. The Balaban J connectivity index is 1.13. The molecule has 0 bridgehead atoms. The molecule has 0 spiro atoms. The molecule has 3 aromatic rings. The highest BCUT2D eigenvalue weighted by Crippen LogP contribution is 2.36. The molecule has 7 rings (SSSR count). The number of nitrogens with zero attached hydrogens (tertiary/aromatic N) is 7. The van der Waals surface area contributed by atoms with Crippen LogP contribution in [0.4, 0.5) is 15.9 Å². The van der Waals surface area contributed by atoms with E-state index < -0.39 is 0 Å². The Labute approximate surface area is 275 Å². The predicted molar refractivity (Wildman–Crippen MR) is 178 cm³/mol. The number of amides is 1. The van der Waals surface area contributed by atoms with Crippen LogP contribution in [0, 0.1) is 17.1 Å². The van der Waals surface area contributed by atoms with Crippen molar-refractivity contribution < 1.29 is 18.7 Å². The fourth-order valence-corrected chi connectivity index (χ4v) is 7.02. The Kier molecular flexibility index (Phi) is 9.49. The summed E-state index contributed by atoms with van der Waals surface area (Å²) in [6.45, 7) is 6.46. The summed E-state index contributed by atoms with van der Waals surface area (Å²) in [5, 5.41) is 11.2. The molecular weight excluding hydrogens is 597 g/mol. The minimum absolute atomic E-state index is 0.0496. The molecule has 1 aliphatic carbocycles. The van der Waals surface area contributed by atoms with Gasteiger partial charge in [-0.3, -0.25) is 9.69 Å². The molecule has 1 saturated carbocycles. The molecule has 11 heteroatoms. The molecule has 3 aliphatic heterocycles. The first-order chi connectivity index (χ1) is 23.1. The highest BCUT2D eigenvalue weighted by Gasteiger charge is 2.34. The lowest BCUT2D eigenvalue weighted by Crippen LogP contribution is -2.55. The van der Waals surface area contributed by atoms with Gasteiger partial charge in [0.15, 0.2) is 0 Å². The van der Waals surface area contributed by atoms with Gasteiger partial charge in [-0.05, 0) is 62.7 Å². The number of carbonyl (C=O) groups is 1. The average molecular weight is 640 g/mol. The number of aromatic nitrogens is 2. The van der Waals surface area contributed by atoms with Gasteiger partial charge in [0, 0.05) is 55.4 Å². The van der Waals surface area contributed by atoms with E-state index in [4.69, 9.17) is 19.4 Å². The van der Waals surface area contributed by atoms with E-state index in [-0.39, 0.29) is 30.2 Å². The van der Waals surface area contributed by atoms with Crippen molar-refractivity contribution >= 4 is 28.2 Å². The number of nitriles is 1. The maximum Gasteiger partial charge on any atom is 0.318 e. The summed E-state index contributed by atoms with van der Waals surface area (Å²) < 4.78 is 26.9. The second kappa shape index (κ2) is 14.2. The molecular formula is C36H42FN7O3. The van der Waals surface area contributed by atoms with E-state index in [2.05, 4.69) is 20.8 Å². The lowest BCUT2D eigenvalue weighted by Gasteiger charge is -2.42. The molecule has 4 heterocycles. The lowest BCUT2D eigenvalue weighted by atomic mass is 10.0. The number of rotatable bonds is 11. The molecule has 1 amide bonds. The number of benzene rings is 2. The number of halogens is 1. The third-order valence-corrected chi connectivity index (χ3v) is 9.60. The predicted octanol–water partition coefficient (Wildman–Crippen LogP) is 4.47. The van der Waals surface area contributed by atoms with Gasteiger partial charge in [-0.15, -0.1) is 0 Å². The molecule has 4 aliphatic rings. The zero-order chi connectivity index (χ0) is 32.2. The zero-order valence-electron chi connectivity index (χ0n) is 26.8. The molecule has 0 N–H and O–H groups in total. The van der Waals surface area contributed by atoms with Crippen LogP contribution in [-0.4, -0.2) is 96.8 Å². The number of hydrogen-bond donors (Lipinski definition) is 0. The lowest BCUT2D eigenvalue weighted by molar-refractivity contribution is -0.128. The van der Waals surface area contributed by atoms with Gasteiger partial charge in [0.25, 0.3) is 0 Å². The second-order valence-corrected chi connectivity index (χ2v) is 12.9. The smallest absolute Gasteiger partial charge is 0.318 e. The van der Waals surface area contributed by atoms with Crippen molar-refractivity contribution in [3.05, 3.63) is 65.6 Å². The van der Waals surface area contributed by atoms with Crippen molar-refractivity contribution in [3.63, 3.8) is 0 Å². The molecule has 3 fully saturated rings. The molecule has 10 nitrogen and oxygen atoms in total. The molecule has 0 unspecified atom stereocenters. The summed E-state index contributed by atoms with van der Waals surface area (Å²) in [6, 6.07) is 13.3. The minimum atomic E-state index is -0.265. The van der Waals surface area contributed by atoms with E-state index in [0.717, 1.165) is 60.6 Å². The Hall–Kier alpha value is -4.27. The summed E-state index contributed by atoms with van der Waals surface area (Å²) in [5.41, 5.74) is 2.71. The van der Waals surface area contributed by atoms with E-state index in [1.54, 1.807) is 12.1 Å². The molecule has 246 valence electrons. The van der Waals surface area contributed by atoms with E-state index in [9.17, 15) is 10.1 Å². The van der Waals surface area contributed by atoms with Crippen LogP contribution in [0.5, 0.6) is 6.01 Å². The Bertz CT molecular complexity index is 1660. The Morgan fingerprint density at radius 1 is 1.02 bits per heavy atom. The number of fused-ring (bicyclic) bond motifs is 2. The quantitative estimate of drug-likeness (QED) is 0.222. The number of anilines is 2. The van der Waals surface area contributed by atoms with Crippen LogP contribution in [0.15, 0.2) is 48.6 Å². The van der Waals surface area contributed by atoms with Crippen molar-refractivity contribution in [2.45, 2.75) is 57.2 Å². The Morgan fingerprint density at radius 2 is 1.85 bits per heavy atom. The van der Waals surface area contributed by atoms with Crippen molar-refractivity contribution in [2.75, 3.05) is 68.8 Å². The summed E-state index contributed by atoms with van der Waals surface area (Å²) >= 11 is 0. The third-order valence-electron chi connectivity index (χ3n) is 9.60. The number of carbonyl (C=O) groups excluding carboxylic acids is 1. The van der Waals surface area contributed by atoms with Crippen LogP contribution >= 0.6 is 0 Å². The van der Waals surface area contributed by atoms with Gasteiger partial charge in [-0.25, -0.2) is 4.39 Å². The summed E-state index contributed by atoms with van der Waals surface area (Å²) in [4.78, 5) is 31.6. The first-order valence-corrected chi connectivity index (χ1v) is 16.9.